The summed E-state index contributed by atoms with van der Waals surface area (Å²) >= 11 is 0. The van der Waals surface area contributed by atoms with Crippen LogP contribution in [-0.4, -0.2) is 43.5 Å². The van der Waals surface area contributed by atoms with E-state index >= 15 is 0 Å². The highest BCUT2D eigenvalue weighted by Crippen LogP contribution is 2.11. The molecule has 1 aromatic carbocycles. The van der Waals surface area contributed by atoms with E-state index in [4.69, 9.17) is 4.74 Å². The Kier molecular flexibility index (Phi) is 3.72. The molecule has 1 N–H and O–H groups in total. The zero-order valence-corrected chi connectivity index (χ0v) is 9.39. The van der Waals surface area contributed by atoms with Crippen molar-refractivity contribution in [3.05, 3.63) is 29.8 Å². The van der Waals surface area contributed by atoms with Gasteiger partial charge in [0.2, 0.25) is 6.41 Å². The number of benzene rings is 1. The Morgan fingerprint density at radius 3 is 2.47 bits per heavy atom. The molecule has 0 saturated carbocycles. The molecule has 0 aliphatic carbocycles. The number of rotatable bonds is 3. The van der Waals surface area contributed by atoms with Gasteiger partial charge in [0.25, 0.3) is 5.91 Å². The smallest absolute Gasteiger partial charge is 0.254 e. The Hall–Kier alpha value is -1.88. The Bertz CT molecular complexity index is 397. The number of morpholine rings is 1. The molecular formula is C12H14N2O3. The number of carbonyl (C=O) groups excluding carboxylic acids is 2. The van der Waals surface area contributed by atoms with E-state index in [-0.39, 0.29) is 5.91 Å². The molecule has 5 heteroatoms. The molecule has 5 nitrogen and oxygen atoms in total. The monoisotopic (exact) mass is 234 g/mol. The fraction of sp³-hybridized carbons (Fsp3) is 0.333. The van der Waals surface area contributed by atoms with Crippen molar-refractivity contribution in [2.45, 2.75) is 0 Å². The molecule has 1 aromatic rings. The lowest BCUT2D eigenvalue weighted by Gasteiger charge is -2.26. The van der Waals surface area contributed by atoms with Gasteiger partial charge in [0.05, 0.1) is 13.2 Å². The predicted molar refractivity (Wildman–Crippen MR) is 62.9 cm³/mol. The van der Waals surface area contributed by atoms with Crippen LogP contribution in [0.15, 0.2) is 24.3 Å². The minimum absolute atomic E-state index is 0.00551. The Balaban J connectivity index is 2.05. The van der Waals surface area contributed by atoms with Gasteiger partial charge in [-0.2, -0.15) is 0 Å². The number of hydrogen-bond acceptors (Lipinski definition) is 3. The van der Waals surface area contributed by atoms with Crippen molar-refractivity contribution in [1.82, 2.24) is 4.90 Å². The average Bonchev–Trinajstić information content (AvgIpc) is 2.40. The van der Waals surface area contributed by atoms with Crippen molar-refractivity contribution in [1.29, 1.82) is 0 Å². The molecule has 0 radical (unpaired) electrons. The lowest BCUT2D eigenvalue weighted by Crippen LogP contribution is -2.40. The maximum absolute atomic E-state index is 12.0. The second kappa shape index (κ2) is 5.45. The van der Waals surface area contributed by atoms with Crippen LogP contribution in [0, 0.1) is 0 Å². The lowest BCUT2D eigenvalue weighted by atomic mass is 10.1. The summed E-state index contributed by atoms with van der Waals surface area (Å²) in [5.41, 5.74) is 1.31. The molecule has 1 saturated heterocycles. The summed E-state index contributed by atoms with van der Waals surface area (Å²) in [5.74, 6) is 0.00551. The van der Waals surface area contributed by atoms with E-state index in [2.05, 4.69) is 5.32 Å². The molecule has 0 unspecified atom stereocenters. The van der Waals surface area contributed by atoms with Gasteiger partial charge in [0.1, 0.15) is 0 Å². The van der Waals surface area contributed by atoms with Crippen molar-refractivity contribution in [3.63, 3.8) is 0 Å². The van der Waals surface area contributed by atoms with E-state index in [0.717, 1.165) is 0 Å². The van der Waals surface area contributed by atoms with Crippen molar-refractivity contribution in [2.24, 2.45) is 0 Å². The minimum atomic E-state index is 0.00551. The summed E-state index contributed by atoms with van der Waals surface area (Å²) in [4.78, 5) is 24.1. The van der Waals surface area contributed by atoms with Crippen LogP contribution < -0.4 is 5.32 Å². The van der Waals surface area contributed by atoms with Crippen molar-refractivity contribution < 1.29 is 14.3 Å². The van der Waals surface area contributed by atoms with Crippen LogP contribution in [0.5, 0.6) is 0 Å². The zero-order chi connectivity index (χ0) is 12.1. The minimum Gasteiger partial charge on any atom is -0.378 e. The fourth-order valence-electron chi connectivity index (χ4n) is 1.73. The van der Waals surface area contributed by atoms with Crippen molar-refractivity contribution >= 4 is 18.0 Å². The summed E-state index contributed by atoms with van der Waals surface area (Å²) in [6.07, 6.45) is 0.610. The quantitative estimate of drug-likeness (QED) is 0.784. The molecule has 1 heterocycles. The number of anilines is 1. The SMILES string of the molecule is O=CNc1ccc(C(=O)N2CCOCC2)cc1. The molecule has 0 bridgehead atoms. The standard InChI is InChI=1S/C12H14N2O3/c15-9-13-11-3-1-10(2-4-11)12(16)14-5-7-17-8-6-14/h1-4,9H,5-8H2,(H,13,15). The van der Waals surface area contributed by atoms with Crippen LogP contribution in [0.1, 0.15) is 10.4 Å². The molecule has 0 aromatic heterocycles. The molecule has 1 aliphatic rings. The van der Waals surface area contributed by atoms with Gasteiger partial charge in [-0.1, -0.05) is 0 Å². The molecule has 90 valence electrons. The molecule has 2 amide bonds. The van der Waals surface area contributed by atoms with Gasteiger partial charge in [-0.25, -0.2) is 0 Å². The number of ether oxygens (including phenoxy) is 1. The predicted octanol–water partition coefficient (Wildman–Crippen LogP) is 0.727. The first-order chi connectivity index (χ1) is 8.31. The number of carbonyl (C=O) groups is 2. The van der Waals surface area contributed by atoms with E-state index in [1.165, 1.54) is 0 Å². The lowest BCUT2D eigenvalue weighted by molar-refractivity contribution is -0.105. The Morgan fingerprint density at radius 1 is 1.24 bits per heavy atom. The van der Waals surface area contributed by atoms with E-state index in [1.54, 1.807) is 29.2 Å². The average molecular weight is 234 g/mol. The van der Waals surface area contributed by atoms with Gasteiger partial charge in [0.15, 0.2) is 0 Å². The van der Waals surface area contributed by atoms with Crippen LogP contribution in [0.2, 0.25) is 0 Å². The molecule has 1 aliphatic heterocycles. The maximum atomic E-state index is 12.0. The molecule has 2 rings (SSSR count). The number of hydrogen-bond donors (Lipinski definition) is 1. The van der Waals surface area contributed by atoms with Crippen LogP contribution >= 0.6 is 0 Å². The van der Waals surface area contributed by atoms with Gasteiger partial charge in [-0.15, -0.1) is 0 Å². The first-order valence-corrected chi connectivity index (χ1v) is 5.48. The summed E-state index contributed by atoms with van der Waals surface area (Å²) in [6.45, 7) is 2.45. The summed E-state index contributed by atoms with van der Waals surface area (Å²) in [5, 5.41) is 2.53. The van der Waals surface area contributed by atoms with Crippen LogP contribution in [0.3, 0.4) is 0 Å². The number of nitrogens with zero attached hydrogens (tertiary/aromatic N) is 1. The third-order valence-electron chi connectivity index (χ3n) is 2.66. The van der Waals surface area contributed by atoms with E-state index in [1.807, 2.05) is 0 Å². The van der Waals surface area contributed by atoms with Crippen LogP contribution in [0.25, 0.3) is 0 Å². The molecule has 1 fully saturated rings. The topological polar surface area (TPSA) is 58.6 Å². The highest BCUT2D eigenvalue weighted by molar-refractivity contribution is 5.94. The van der Waals surface area contributed by atoms with Gasteiger partial charge in [0, 0.05) is 24.3 Å². The first kappa shape index (κ1) is 11.6. The van der Waals surface area contributed by atoms with Gasteiger partial charge >= 0.3 is 0 Å². The normalized spacial score (nSPS) is 15.4. The number of amides is 2. The third-order valence-corrected chi connectivity index (χ3v) is 2.66. The second-order valence-electron chi connectivity index (χ2n) is 3.74. The maximum Gasteiger partial charge on any atom is 0.254 e. The van der Waals surface area contributed by atoms with E-state index in [0.29, 0.717) is 44.0 Å². The zero-order valence-electron chi connectivity index (χ0n) is 9.39. The first-order valence-electron chi connectivity index (χ1n) is 5.48. The molecular weight excluding hydrogens is 220 g/mol. The van der Waals surface area contributed by atoms with E-state index < -0.39 is 0 Å². The fourth-order valence-corrected chi connectivity index (χ4v) is 1.73. The molecule has 17 heavy (non-hydrogen) atoms. The second-order valence-corrected chi connectivity index (χ2v) is 3.74. The highest BCUT2D eigenvalue weighted by atomic mass is 16.5. The van der Waals surface area contributed by atoms with Crippen LogP contribution in [0.4, 0.5) is 5.69 Å². The highest BCUT2D eigenvalue weighted by Gasteiger charge is 2.17. The Labute approximate surface area is 99.4 Å². The largest absolute Gasteiger partial charge is 0.378 e. The Morgan fingerprint density at radius 2 is 1.88 bits per heavy atom. The van der Waals surface area contributed by atoms with Crippen LogP contribution in [-0.2, 0) is 9.53 Å². The summed E-state index contributed by atoms with van der Waals surface area (Å²) in [7, 11) is 0. The van der Waals surface area contributed by atoms with Crippen molar-refractivity contribution in [2.75, 3.05) is 31.6 Å². The van der Waals surface area contributed by atoms with E-state index in [9.17, 15) is 9.59 Å². The third kappa shape index (κ3) is 2.82. The van der Waals surface area contributed by atoms with Gasteiger partial charge in [-0.05, 0) is 24.3 Å². The number of nitrogens with one attached hydrogen (secondary N) is 1. The summed E-state index contributed by atoms with van der Waals surface area (Å²) in [6, 6.07) is 6.84. The van der Waals surface area contributed by atoms with Gasteiger partial charge in [-0.3, -0.25) is 9.59 Å². The molecule has 0 atom stereocenters. The summed E-state index contributed by atoms with van der Waals surface area (Å²) < 4.78 is 5.19. The van der Waals surface area contributed by atoms with Gasteiger partial charge < -0.3 is 15.0 Å². The van der Waals surface area contributed by atoms with Crippen molar-refractivity contribution in [3.8, 4) is 0 Å². The molecule has 0 spiro atoms.